The molecule has 314 valence electrons. The number of Topliss-reactive ketones (excluding diaryl/α,β-unsaturated/α-hetero) is 1. The van der Waals surface area contributed by atoms with Crippen LogP contribution in [0.5, 0.6) is 0 Å². The van der Waals surface area contributed by atoms with Crippen LogP contribution < -0.4 is 21.7 Å². The number of ether oxygens (including phenoxy) is 1. The van der Waals surface area contributed by atoms with Crippen molar-refractivity contribution in [1.82, 2.24) is 20.9 Å². The molecule has 0 saturated heterocycles. The van der Waals surface area contributed by atoms with Crippen molar-refractivity contribution in [1.29, 1.82) is 0 Å². The lowest BCUT2D eigenvalue weighted by atomic mass is 9.80. The molecule has 5 amide bonds. The molecule has 3 fully saturated rings. The molecule has 0 heterocycles. The molecular weight excluding hydrogens is 735 g/mol. The number of hydrogen-bond donors (Lipinski definition) is 4. The van der Waals surface area contributed by atoms with E-state index >= 15 is 0 Å². The molecule has 3 aliphatic carbocycles. The monoisotopic (exact) mass is 801 g/mol. The number of carbonyl (C=O) groups excluding carboxylic acids is 5. The molecule has 5 N–H and O–H groups in total. The fraction of sp³-hybridized carbons (Fsp3) is 0.738. The minimum Gasteiger partial charge on any atom is -0.377 e. The third kappa shape index (κ3) is 13.8. The van der Waals surface area contributed by atoms with Gasteiger partial charge in [-0.1, -0.05) is 102 Å². The lowest BCUT2D eigenvalue weighted by Crippen LogP contribution is -2.63. The number of primary amides is 1. The Morgan fingerprint density at radius 3 is 2.14 bits per heavy atom. The first-order valence-corrected chi connectivity index (χ1v) is 22.9. The number of benzene rings is 1. The molecule has 1 aromatic carbocycles. The summed E-state index contributed by atoms with van der Waals surface area (Å²) in [6.45, 7) is 6.27. The van der Waals surface area contributed by atoms with Gasteiger partial charge in [-0.2, -0.15) is 0 Å². The maximum atomic E-state index is 14.8. The molecule has 0 aliphatic heterocycles. The summed E-state index contributed by atoms with van der Waals surface area (Å²) in [5.41, 5.74) is 5.42. The molecule has 4 rings (SSSR count). The Morgan fingerprint density at radius 2 is 1.55 bits per heavy atom. The summed E-state index contributed by atoms with van der Waals surface area (Å²) in [7, 11) is -3.47. The molecule has 0 bridgehead atoms. The Labute approximate surface area is 334 Å². The van der Waals surface area contributed by atoms with Crippen molar-refractivity contribution < 1.29 is 37.1 Å². The number of urea groups is 1. The van der Waals surface area contributed by atoms with Gasteiger partial charge in [0.2, 0.25) is 17.6 Å². The summed E-state index contributed by atoms with van der Waals surface area (Å²) in [5.74, 6) is -2.93. The third-order valence-corrected chi connectivity index (χ3v) is 13.8. The van der Waals surface area contributed by atoms with E-state index in [0.29, 0.717) is 38.7 Å². The van der Waals surface area contributed by atoms with Crippen LogP contribution in [0.3, 0.4) is 0 Å². The average Bonchev–Trinajstić information content (AvgIpc) is 3.15. The van der Waals surface area contributed by atoms with Gasteiger partial charge in [-0.05, 0) is 68.8 Å². The first kappa shape index (κ1) is 45.2. The highest BCUT2D eigenvalue weighted by Gasteiger charge is 2.42. The van der Waals surface area contributed by atoms with E-state index in [1.165, 1.54) is 4.90 Å². The van der Waals surface area contributed by atoms with Gasteiger partial charge in [0.15, 0.2) is 9.84 Å². The molecule has 1 unspecified atom stereocenters. The van der Waals surface area contributed by atoms with Gasteiger partial charge in [-0.3, -0.25) is 19.2 Å². The van der Waals surface area contributed by atoms with Crippen molar-refractivity contribution in [3.05, 3.63) is 35.9 Å². The average molecular weight is 802 g/mol. The molecule has 0 spiro atoms. The minimum absolute atomic E-state index is 0.0510. The van der Waals surface area contributed by atoms with Crippen molar-refractivity contribution in [3.8, 4) is 0 Å². The highest BCUT2D eigenvalue weighted by atomic mass is 32.2. The lowest BCUT2D eigenvalue weighted by molar-refractivity contribution is -0.145. The van der Waals surface area contributed by atoms with Crippen LogP contribution in [0, 0.1) is 17.8 Å². The SMILES string of the molecule is CCN(C(=O)[C@@H](NC(=O)NC1(CS(=O)(=O)CCC(C)C)CCCCC1)C1CCCCC1)[C@@H](CCOCc1ccccc1)C(=O)NC(CC1CCC1)C(=O)C(N)=O. The summed E-state index contributed by atoms with van der Waals surface area (Å²) in [6, 6.07) is 5.80. The lowest BCUT2D eigenvalue weighted by Gasteiger charge is -2.40. The van der Waals surface area contributed by atoms with E-state index in [4.69, 9.17) is 10.5 Å². The predicted molar refractivity (Wildman–Crippen MR) is 216 cm³/mol. The summed E-state index contributed by atoms with van der Waals surface area (Å²) in [4.78, 5) is 69.6. The van der Waals surface area contributed by atoms with Crippen LogP contribution >= 0.6 is 0 Å². The van der Waals surface area contributed by atoms with Crippen LogP contribution in [0.15, 0.2) is 30.3 Å². The van der Waals surface area contributed by atoms with Crippen molar-refractivity contribution >= 4 is 39.4 Å². The maximum Gasteiger partial charge on any atom is 0.315 e. The second-order valence-electron chi connectivity index (χ2n) is 16.9. The van der Waals surface area contributed by atoms with E-state index in [1.54, 1.807) is 6.92 Å². The molecule has 3 saturated carbocycles. The number of sulfone groups is 1. The van der Waals surface area contributed by atoms with Gasteiger partial charge >= 0.3 is 6.03 Å². The molecule has 14 heteroatoms. The van der Waals surface area contributed by atoms with Crippen LogP contribution in [0.25, 0.3) is 0 Å². The van der Waals surface area contributed by atoms with Crippen LogP contribution in [-0.2, 0) is 40.4 Å². The normalized spacial score (nSPS) is 19.2. The zero-order chi connectivity index (χ0) is 40.7. The van der Waals surface area contributed by atoms with Gasteiger partial charge in [-0.15, -0.1) is 0 Å². The van der Waals surface area contributed by atoms with Gasteiger partial charge in [0, 0.05) is 19.6 Å². The third-order valence-electron chi connectivity index (χ3n) is 12.0. The molecule has 3 aliphatic rings. The number of hydrogen-bond acceptors (Lipinski definition) is 8. The molecule has 0 radical (unpaired) electrons. The minimum atomic E-state index is -3.47. The Balaban J connectivity index is 1.58. The number of nitrogens with two attached hydrogens (primary N) is 1. The zero-order valence-corrected chi connectivity index (χ0v) is 34.7. The second kappa shape index (κ2) is 21.9. The fourth-order valence-corrected chi connectivity index (χ4v) is 10.7. The van der Waals surface area contributed by atoms with Gasteiger partial charge in [0.05, 0.1) is 29.7 Å². The van der Waals surface area contributed by atoms with Gasteiger partial charge in [0.1, 0.15) is 12.1 Å². The molecule has 1 aromatic rings. The zero-order valence-electron chi connectivity index (χ0n) is 33.9. The van der Waals surface area contributed by atoms with E-state index in [0.717, 1.165) is 63.4 Å². The molecule has 3 atom stereocenters. The highest BCUT2D eigenvalue weighted by Crippen LogP contribution is 2.33. The van der Waals surface area contributed by atoms with Crippen molar-refractivity contribution in [2.24, 2.45) is 23.5 Å². The maximum absolute atomic E-state index is 14.8. The summed E-state index contributed by atoms with van der Waals surface area (Å²) < 4.78 is 32.6. The quantitative estimate of drug-likeness (QED) is 0.0934. The number of nitrogens with zero attached hydrogens (tertiary/aromatic N) is 1. The standard InChI is InChI=1S/C42H67N5O8S/c1-4-47(35(21-25-55-28-32-15-8-5-9-16-32)39(50)44-34(37(48)38(43)49)27-31-17-14-18-31)40(51)36(33-19-10-6-11-20-33)45-41(52)46-42(23-12-7-13-24-42)29-56(53,54)26-22-30(2)3/h5,8-9,15-16,30-31,33-36H,4,6-7,10-14,17-29H2,1-3H3,(H2,43,49)(H,44,50)(H2,45,46,52)/t34?,35-,36-/m0/s1. The Bertz CT molecular complexity index is 1560. The fourth-order valence-electron chi connectivity index (χ4n) is 8.54. The summed E-state index contributed by atoms with van der Waals surface area (Å²) in [5, 5.41) is 8.85. The summed E-state index contributed by atoms with van der Waals surface area (Å²) >= 11 is 0. The second-order valence-corrected chi connectivity index (χ2v) is 19.1. The first-order chi connectivity index (χ1) is 26.7. The van der Waals surface area contributed by atoms with Crippen LogP contribution in [0.2, 0.25) is 0 Å². The molecule has 0 aromatic heterocycles. The predicted octanol–water partition coefficient (Wildman–Crippen LogP) is 4.95. The van der Waals surface area contributed by atoms with E-state index in [2.05, 4.69) is 16.0 Å². The topological polar surface area (TPSA) is 194 Å². The highest BCUT2D eigenvalue weighted by molar-refractivity contribution is 7.91. The van der Waals surface area contributed by atoms with Crippen LogP contribution in [-0.4, -0.2) is 91.2 Å². The number of carbonyl (C=O) groups is 5. The smallest absolute Gasteiger partial charge is 0.315 e. The Hall–Kier alpha value is -3.52. The van der Waals surface area contributed by atoms with Crippen LogP contribution in [0.4, 0.5) is 4.79 Å². The van der Waals surface area contributed by atoms with Crippen LogP contribution in [0.1, 0.15) is 129 Å². The molecule has 56 heavy (non-hydrogen) atoms. The van der Waals surface area contributed by atoms with Crippen molar-refractivity contribution in [2.45, 2.75) is 154 Å². The van der Waals surface area contributed by atoms with E-state index < -0.39 is 63.0 Å². The number of amides is 5. The van der Waals surface area contributed by atoms with Crippen molar-refractivity contribution in [2.75, 3.05) is 24.7 Å². The van der Waals surface area contributed by atoms with E-state index in [-0.39, 0.29) is 55.3 Å². The molecular formula is C42H67N5O8S. The number of rotatable bonds is 22. The number of nitrogens with one attached hydrogen (secondary N) is 3. The Kier molecular flexibility index (Phi) is 17.6. The number of ketones is 1. The van der Waals surface area contributed by atoms with Gasteiger partial charge in [0.25, 0.3) is 5.91 Å². The largest absolute Gasteiger partial charge is 0.377 e. The number of likely N-dealkylation sites (N-methyl/N-ethyl adjacent to an activating group) is 1. The summed E-state index contributed by atoms with van der Waals surface area (Å²) in [6.07, 6.45) is 11.5. The van der Waals surface area contributed by atoms with Gasteiger partial charge in [-0.25, -0.2) is 13.2 Å². The first-order valence-electron chi connectivity index (χ1n) is 21.1. The van der Waals surface area contributed by atoms with Gasteiger partial charge < -0.3 is 31.3 Å². The van der Waals surface area contributed by atoms with E-state index in [9.17, 15) is 32.4 Å². The van der Waals surface area contributed by atoms with Crippen molar-refractivity contribution in [3.63, 3.8) is 0 Å². The van der Waals surface area contributed by atoms with E-state index in [1.807, 2.05) is 44.2 Å². The molecule has 13 nitrogen and oxygen atoms in total. The Morgan fingerprint density at radius 1 is 0.893 bits per heavy atom.